The fourth-order valence-corrected chi connectivity index (χ4v) is 2.99. The molecule has 2 aromatic carbocycles. The van der Waals surface area contributed by atoms with Gasteiger partial charge in [0.2, 0.25) is 0 Å². The third-order valence-electron chi connectivity index (χ3n) is 3.62. The second-order valence-electron chi connectivity index (χ2n) is 4.80. The van der Waals surface area contributed by atoms with Crippen LogP contribution in [0.15, 0.2) is 42.5 Å². The van der Waals surface area contributed by atoms with E-state index in [9.17, 15) is 4.79 Å². The molecule has 0 radical (unpaired) electrons. The van der Waals surface area contributed by atoms with Gasteiger partial charge in [-0.15, -0.1) is 0 Å². The average molecular weight is 291 g/mol. The Morgan fingerprint density at radius 3 is 2.37 bits per heavy atom. The lowest BCUT2D eigenvalue weighted by Gasteiger charge is -2.25. The molecule has 1 aliphatic carbocycles. The van der Waals surface area contributed by atoms with Crippen LogP contribution in [0.2, 0.25) is 10.0 Å². The van der Waals surface area contributed by atoms with Crippen molar-refractivity contribution in [3.63, 3.8) is 0 Å². The van der Waals surface area contributed by atoms with Crippen molar-refractivity contribution in [1.29, 1.82) is 0 Å². The summed E-state index contributed by atoms with van der Waals surface area (Å²) in [6, 6.07) is 13.3. The maximum absolute atomic E-state index is 12.0. The number of hydrogen-bond acceptors (Lipinski definition) is 1. The maximum atomic E-state index is 12.0. The van der Waals surface area contributed by atoms with E-state index in [-0.39, 0.29) is 11.7 Å². The second kappa shape index (κ2) is 4.99. The molecule has 3 heteroatoms. The number of carbonyl (C=O) groups is 1. The third kappa shape index (κ3) is 2.41. The van der Waals surface area contributed by atoms with Gasteiger partial charge in [-0.25, -0.2) is 0 Å². The van der Waals surface area contributed by atoms with Crippen LogP contribution in [0.4, 0.5) is 0 Å². The standard InChI is InChI=1S/C16H12Cl2O/c17-11-3-1-10(2-4-11)13-7-8-16(19)14-6-5-12(18)9-15(13)14/h1-6,9,13H,7-8H2. The molecule has 0 fully saturated rings. The minimum absolute atomic E-state index is 0.205. The summed E-state index contributed by atoms with van der Waals surface area (Å²) in [4.78, 5) is 12.0. The van der Waals surface area contributed by atoms with E-state index >= 15 is 0 Å². The van der Waals surface area contributed by atoms with E-state index in [0.29, 0.717) is 11.4 Å². The lowest BCUT2D eigenvalue weighted by atomic mass is 9.78. The molecule has 19 heavy (non-hydrogen) atoms. The van der Waals surface area contributed by atoms with Crippen LogP contribution in [0.25, 0.3) is 0 Å². The van der Waals surface area contributed by atoms with Gasteiger partial charge in [-0.1, -0.05) is 35.3 Å². The van der Waals surface area contributed by atoms with Crippen molar-refractivity contribution >= 4 is 29.0 Å². The third-order valence-corrected chi connectivity index (χ3v) is 4.11. The summed E-state index contributed by atoms with van der Waals surface area (Å²) in [6.45, 7) is 0. The van der Waals surface area contributed by atoms with Crippen LogP contribution >= 0.6 is 23.2 Å². The minimum atomic E-state index is 0.205. The van der Waals surface area contributed by atoms with E-state index in [0.717, 1.165) is 22.6 Å². The predicted octanol–water partition coefficient (Wildman–Crippen LogP) is 5.10. The normalized spacial score (nSPS) is 18.2. The van der Waals surface area contributed by atoms with Gasteiger partial charge in [0.05, 0.1) is 0 Å². The van der Waals surface area contributed by atoms with Crippen LogP contribution in [0.3, 0.4) is 0 Å². The summed E-state index contributed by atoms with van der Waals surface area (Å²) in [5.74, 6) is 0.431. The van der Waals surface area contributed by atoms with E-state index < -0.39 is 0 Å². The molecule has 1 aliphatic rings. The molecule has 0 N–H and O–H groups in total. The summed E-state index contributed by atoms with van der Waals surface area (Å²) < 4.78 is 0. The van der Waals surface area contributed by atoms with E-state index in [1.54, 1.807) is 6.07 Å². The van der Waals surface area contributed by atoms with Crippen molar-refractivity contribution in [2.75, 3.05) is 0 Å². The number of rotatable bonds is 1. The lowest BCUT2D eigenvalue weighted by molar-refractivity contribution is 0.0969. The van der Waals surface area contributed by atoms with Gasteiger partial charge in [-0.2, -0.15) is 0 Å². The first-order chi connectivity index (χ1) is 9.15. The SMILES string of the molecule is O=C1CCC(c2ccc(Cl)cc2)c2cc(Cl)ccc21. The van der Waals surface area contributed by atoms with Crippen LogP contribution in [-0.4, -0.2) is 5.78 Å². The van der Waals surface area contributed by atoms with Crippen LogP contribution in [-0.2, 0) is 0 Å². The largest absolute Gasteiger partial charge is 0.294 e. The first-order valence-electron chi connectivity index (χ1n) is 6.23. The topological polar surface area (TPSA) is 17.1 Å². The molecule has 0 spiro atoms. The molecule has 0 saturated carbocycles. The van der Waals surface area contributed by atoms with Gasteiger partial charge in [0.1, 0.15) is 0 Å². The zero-order valence-electron chi connectivity index (χ0n) is 10.2. The Morgan fingerprint density at radius 2 is 1.63 bits per heavy atom. The van der Waals surface area contributed by atoms with Crippen LogP contribution in [0.5, 0.6) is 0 Å². The molecule has 1 atom stereocenters. The maximum Gasteiger partial charge on any atom is 0.163 e. The highest BCUT2D eigenvalue weighted by atomic mass is 35.5. The fraction of sp³-hybridized carbons (Fsp3) is 0.188. The molecule has 3 rings (SSSR count). The molecule has 0 amide bonds. The van der Waals surface area contributed by atoms with E-state index in [1.165, 1.54) is 5.56 Å². The van der Waals surface area contributed by atoms with Gasteiger partial charge >= 0.3 is 0 Å². The number of Topliss-reactive ketones (excluding diaryl/α,β-unsaturated/α-hetero) is 1. The molecular weight excluding hydrogens is 279 g/mol. The number of carbonyl (C=O) groups excluding carboxylic acids is 1. The number of ketones is 1. The van der Waals surface area contributed by atoms with Gasteiger partial charge in [0.15, 0.2) is 5.78 Å². The number of fused-ring (bicyclic) bond motifs is 1. The van der Waals surface area contributed by atoms with Crippen molar-refractivity contribution in [2.24, 2.45) is 0 Å². The number of halogens is 2. The summed E-state index contributed by atoms with van der Waals surface area (Å²) in [6.07, 6.45) is 1.41. The average Bonchev–Trinajstić information content (AvgIpc) is 2.40. The molecule has 96 valence electrons. The number of benzene rings is 2. The van der Waals surface area contributed by atoms with Crippen molar-refractivity contribution in [3.8, 4) is 0 Å². The quantitative estimate of drug-likeness (QED) is 0.714. The highest BCUT2D eigenvalue weighted by molar-refractivity contribution is 6.31. The molecule has 0 saturated heterocycles. The summed E-state index contributed by atoms with van der Waals surface area (Å²) in [7, 11) is 0. The van der Waals surface area contributed by atoms with Gasteiger partial charge in [-0.05, 0) is 47.9 Å². The van der Waals surface area contributed by atoms with Crippen molar-refractivity contribution in [3.05, 3.63) is 69.2 Å². The van der Waals surface area contributed by atoms with Gasteiger partial charge in [0.25, 0.3) is 0 Å². The Kier molecular flexibility index (Phi) is 3.34. The fourth-order valence-electron chi connectivity index (χ4n) is 2.68. The molecular formula is C16H12Cl2O. The zero-order valence-corrected chi connectivity index (χ0v) is 11.7. The lowest BCUT2D eigenvalue weighted by Crippen LogP contribution is -2.16. The smallest absolute Gasteiger partial charge is 0.163 e. The van der Waals surface area contributed by atoms with E-state index in [2.05, 4.69) is 0 Å². The Bertz CT molecular complexity index is 632. The highest BCUT2D eigenvalue weighted by Crippen LogP contribution is 2.38. The molecule has 2 aromatic rings. The second-order valence-corrected chi connectivity index (χ2v) is 5.67. The van der Waals surface area contributed by atoms with Crippen molar-refractivity contribution in [1.82, 2.24) is 0 Å². The Balaban J connectivity index is 2.10. The monoisotopic (exact) mass is 290 g/mol. The first-order valence-corrected chi connectivity index (χ1v) is 6.99. The molecule has 1 unspecified atom stereocenters. The Hall–Kier alpha value is -1.31. The zero-order chi connectivity index (χ0) is 13.4. The highest BCUT2D eigenvalue weighted by Gasteiger charge is 2.26. The molecule has 0 bridgehead atoms. The summed E-state index contributed by atoms with van der Waals surface area (Å²) in [5.41, 5.74) is 3.02. The number of hydrogen-bond donors (Lipinski definition) is 0. The van der Waals surface area contributed by atoms with Gasteiger partial charge in [-0.3, -0.25) is 4.79 Å². The van der Waals surface area contributed by atoms with Crippen molar-refractivity contribution < 1.29 is 4.79 Å². The van der Waals surface area contributed by atoms with Crippen molar-refractivity contribution in [2.45, 2.75) is 18.8 Å². The van der Waals surface area contributed by atoms with Gasteiger partial charge in [0, 0.05) is 27.9 Å². The molecule has 0 aliphatic heterocycles. The predicted molar refractivity (Wildman–Crippen MR) is 78.3 cm³/mol. The summed E-state index contributed by atoms with van der Waals surface area (Å²) >= 11 is 12.0. The van der Waals surface area contributed by atoms with E-state index in [4.69, 9.17) is 23.2 Å². The van der Waals surface area contributed by atoms with Gasteiger partial charge < -0.3 is 0 Å². The Morgan fingerprint density at radius 1 is 0.947 bits per heavy atom. The molecule has 0 heterocycles. The first kappa shape index (κ1) is 12.7. The van der Waals surface area contributed by atoms with E-state index in [1.807, 2.05) is 36.4 Å². The Labute approximate surface area is 122 Å². The molecule has 1 nitrogen and oxygen atoms in total. The molecule has 0 aromatic heterocycles. The minimum Gasteiger partial charge on any atom is -0.294 e. The van der Waals surface area contributed by atoms with Crippen LogP contribution in [0, 0.1) is 0 Å². The van der Waals surface area contributed by atoms with Crippen LogP contribution < -0.4 is 0 Å². The summed E-state index contributed by atoms with van der Waals surface area (Å²) in [5, 5.41) is 1.40. The van der Waals surface area contributed by atoms with Crippen LogP contribution in [0.1, 0.15) is 40.2 Å².